The van der Waals surface area contributed by atoms with Crippen LogP contribution in [0.3, 0.4) is 0 Å². The fraction of sp³-hybridized carbons (Fsp3) is 0.216. The van der Waals surface area contributed by atoms with E-state index in [0.717, 1.165) is 12.8 Å². The van der Waals surface area contributed by atoms with E-state index in [4.69, 9.17) is 32.7 Å². The van der Waals surface area contributed by atoms with Crippen LogP contribution in [0.25, 0.3) is 0 Å². The largest absolute Gasteiger partial charge is 0.454 e. The van der Waals surface area contributed by atoms with E-state index in [1.165, 1.54) is 65.1 Å². The van der Waals surface area contributed by atoms with Crippen LogP contribution in [0, 0.1) is 23.7 Å². The lowest BCUT2D eigenvalue weighted by Crippen LogP contribution is -2.33. The predicted molar refractivity (Wildman–Crippen MR) is 174 cm³/mol. The molecule has 7 rings (SSSR count). The molecule has 0 N–H and O–H groups in total. The molecule has 0 radical (unpaired) electrons. The maximum atomic E-state index is 13.7. The molecule has 2 amide bonds. The fourth-order valence-electron chi connectivity index (χ4n) is 7.39. The lowest BCUT2D eigenvalue weighted by atomic mass is 9.73. The zero-order valence-electron chi connectivity index (χ0n) is 24.8. The third-order valence-corrected chi connectivity index (χ3v) is 10.0. The molecule has 0 aromatic heterocycles. The van der Waals surface area contributed by atoms with Gasteiger partial charge in [-0.25, -0.2) is 9.59 Å². The quantitative estimate of drug-likeness (QED) is 0.0848. The van der Waals surface area contributed by atoms with Crippen molar-refractivity contribution in [3.63, 3.8) is 0 Å². The van der Waals surface area contributed by atoms with E-state index in [1.807, 2.05) is 18.2 Å². The van der Waals surface area contributed by atoms with Crippen LogP contribution in [-0.2, 0) is 14.3 Å². The number of carbonyl (C=O) groups is 5. The summed E-state index contributed by atoms with van der Waals surface area (Å²) in [7, 11) is 0. The highest BCUT2D eigenvalue weighted by atomic mass is 35.5. The third-order valence-electron chi connectivity index (χ3n) is 9.46. The van der Waals surface area contributed by atoms with Crippen LogP contribution in [0.4, 0.5) is 5.69 Å². The number of ketones is 1. The van der Waals surface area contributed by atoms with Gasteiger partial charge in [-0.05, 0) is 96.8 Å². The summed E-state index contributed by atoms with van der Waals surface area (Å²) in [6.45, 7) is -0.543. The van der Waals surface area contributed by atoms with Crippen molar-refractivity contribution in [1.82, 2.24) is 0 Å². The molecule has 1 aliphatic heterocycles. The van der Waals surface area contributed by atoms with Crippen molar-refractivity contribution in [3.8, 4) is 5.75 Å². The van der Waals surface area contributed by atoms with E-state index < -0.39 is 24.3 Å². The monoisotopic (exact) mass is 667 g/mol. The van der Waals surface area contributed by atoms with Gasteiger partial charge >= 0.3 is 11.9 Å². The summed E-state index contributed by atoms with van der Waals surface area (Å²) >= 11 is 11.9. The highest BCUT2D eigenvalue weighted by Crippen LogP contribution is 2.61. The second-order valence-corrected chi connectivity index (χ2v) is 12.9. The number of ether oxygens (including phenoxy) is 2. The molecule has 2 saturated carbocycles. The summed E-state index contributed by atoms with van der Waals surface area (Å²) < 4.78 is 10.6. The average Bonchev–Trinajstić information content (AvgIpc) is 3.75. The van der Waals surface area contributed by atoms with Crippen molar-refractivity contribution in [2.45, 2.75) is 18.8 Å². The Balaban J connectivity index is 0.977. The lowest BCUT2D eigenvalue weighted by molar-refractivity contribution is -0.123. The summed E-state index contributed by atoms with van der Waals surface area (Å²) in [4.78, 5) is 66.7. The standard InChI is InChI=1S/C37H27Cl2NO7/c38-24-11-14-27(30(39)18-24)37(45)47-26-12-9-21(10-13-26)31(41)19-46-36(44)22-7-4-8-25(15-22)40-34(42)32-23-16-28(20-5-2-1-3-6-20)29(17-23)33(32)35(40)43/h1-15,18,23,28-29,32-33H,16-17,19H2/t23-,28-,29+,32-,33-/m1/s1. The van der Waals surface area contributed by atoms with Crippen molar-refractivity contribution in [1.29, 1.82) is 0 Å². The zero-order chi connectivity index (χ0) is 32.8. The Hall–Kier alpha value is -4.79. The van der Waals surface area contributed by atoms with Gasteiger partial charge in [0.25, 0.3) is 0 Å². The van der Waals surface area contributed by atoms with Crippen molar-refractivity contribution in [2.75, 3.05) is 11.5 Å². The number of rotatable bonds is 8. The molecule has 0 spiro atoms. The zero-order valence-corrected chi connectivity index (χ0v) is 26.3. The molecule has 2 aliphatic carbocycles. The molecule has 0 unspecified atom stereocenters. The molecule has 1 heterocycles. The van der Waals surface area contributed by atoms with Crippen molar-refractivity contribution >= 4 is 58.4 Å². The molecule has 1 saturated heterocycles. The average molecular weight is 669 g/mol. The Bertz CT molecular complexity index is 1930. The van der Waals surface area contributed by atoms with E-state index in [2.05, 4.69) is 12.1 Å². The van der Waals surface area contributed by atoms with E-state index in [9.17, 15) is 24.0 Å². The first-order chi connectivity index (χ1) is 22.7. The summed E-state index contributed by atoms with van der Waals surface area (Å²) in [5.74, 6) is -2.40. The molecule has 3 fully saturated rings. The minimum Gasteiger partial charge on any atom is -0.454 e. The number of esters is 2. The van der Waals surface area contributed by atoms with Gasteiger partial charge in [-0.2, -0.15) is 0 Å². The smallest absolute Gasteiger partial charge is 0.345 e. The molecule has 8 nitrogen and oxygen atoms in total. The number of imide groups is 1. The molecule has 4 aromatic carbocycles. The molecule has 47 heavy (non-hydrogen) atoms. The number of anilines is 1. The number of Topliss-reactive ketones (excluding diaryl/α,β-unsaturated/α-hetero) is 1. The SMILES string of the molecule is O=C(COC(=O)c1cccc(N2C(=O)[C@@H]3[C@H]4C[C@H]([C@H]3C2=O)[C@@H](c2ccccc2)C4)c1)c1ccc(OC(=O)c2ccc(Cl)cc2Cl)cc1. The molecular weight excluding hydrogens is 641 g/mol. The second kappa shape index (κ2) is 12.4. The first-order valence-electron chi connectivity index (χ1n) is 15.2. The topological polar surface area (TPSA) is 107 Å². The summed E-state index contributed by atoms with van der Waals surface area (Å²) in [5.41, 5.74) is 2.00. The van der Waals surface area contributed by atoms with Gasteiger partial charge in [0.1, 0.15) is 5.75 Å². The molecule has 4 aromatic rings. The van der Waals surface area contributed by atoms with Crippen LogP contribution in [0.5, 0.6) is 5.75 Å². The van der Waals surface area contributed by atoms with Crippen LogP contribution >= 0.6 is 23.2 Å². The fourth-order valence-corrected chi connectivity index (χ4v) is 7.88. The van der Waals surface area contributed by atoms with E-state index in [1.54, 1.807) is 12.1 Å². The molecule has 10 heteroatoms. The number of carbonyl (C=O) groups excluding carboxylic acids is 5. The molecular formula is C37H27Cl2NO7. The van der Waals surface area contributed by atoms with Gasteiger partial charge in [0.05, 0.1) is 33.7 Å². The van der Waals surface area contributed by atoms with Gasteiger partial charge in [0.15, 0.2) is 12.4 Å². The van der Waals surface area contributed by atoms with Crippen molar-refractivity contribution in [2.24, 2.45) is 23.7 Å². The summed E-state index contributed by atoms with van der Waals surface area (Å²) in [6, 6.07) is 26.5. The number of fused-ring (bicyclic) bond motifs is 5. The number of halogens is 2. The maximum Gasteiger partial charge on any atom is 0.345 e. The van der Waals surface area contributed by atoms with Gasteiger partial charge in [0.2, 0.25) is 11.8 Å². The van der Waals surface area contributed by atoms with E-state index in [-0.39, 0.29) is 68.9 Å². The first kappa shape index (κ1) is 30.8. The maximum absolute atomic E-state index is 13.7. The van der Waals surface area contributed by atoms with Gasteiger partial charge in [-0.3, -0.25) is 19.3 Å². The van der Waals surface area contributed by atoms with Gasteiger partial charge in [-0.15, -0.1) is 0 Å². The molecule has 5 atom stereocenters. The highest BCUT2D eigenvalue weighted by Gasteiger charge is 2.64. The van der Waals surface area contributed by atoms with Gasteiger partial charge in [-0.1, -0.05) is 59.6 Å². The minimum atomic E-state index is -0.769. The van der Waals surface area contributed by atoms with E-state index >= 15 is 0 Å². The van der Waals surface area contributed by atoms with Crippen LogP contribution in [-0.4, -0.2) is 36.1 Å². The number of nitrogens with zero attached hydrogens (tertiary/aromatic N) is 1. The van der Waals surface area contributed by atoms with Crippen molar-refractivity contribution in [3.05, 3.63) is 129 Å². The van der Waals surface area contributed by atoms with Crippen LogP contribution in [0.15, 0.2) is 97.1 Å². The summed E-state index contributed by atoms with van der Waals surface area (Å²) in [6.07, 6.45) is 1.75. The molecule has 3 aliphatic rings. The molecule has 236 valence electrons. The Morgan fingerprint density at radius 1 is 0.745 bits per heavy atom. The number of amides is 2. The minimum absolute atomic E-state index is 0.108. The number of hydrogen-bond donors (Lipinski definition) is 0. The van der Waals surface area contributed by atoms with Gasteiger partial charge < -0.3 is 9.47 Å². The second-order valence-electron chi connectivity index (χ2n) is 12.1. The summed E-state index contributed by atoms with van der Waals surface area (Å²) in [5, 5.41) is 0.525. The molecule has 2 bridgehead atoms. The number of hydrogen-bond acceptors (Lipinski definition) is 7. The Labute approximate surface area is 280 Å². The Morgan fingerprint density at radius 3 is 2.23 bits per heavy atom. The normalized spacial score (nSPS) is 22.7. The van der Waals surface area contributed by atoms with Crippen molar-refractivity contribution < 1.29 is 33.4 Å². The predicted octanol–water partition coefficient (Wildman–Crippen LogP) is 7.18. The van der Waals surface area contributed by atoms with Crippen LogP contribution in [0.1, 0.15) is 55.4 Å². The first-order valence-corrected chi connectivity index (χ1v) is 16.0. The number of benzene rings is 4. The third kappa shape index (κ3) is 5.72. The van der Waals surface area contributed by atoms with Crippen LogP contribution < -0.4 is 9.64 Å². The van der Waals surface area contributed by atoms with Crippen LogP contribution in [0.2, 0.25) is 10.0 Å². The van der Waals surface area contributed by atoms with Gasteiger partial charge in [0, 0.05) is 10.6 Å². The Morgan fingerprint density at radius 2 is 1.49 bits per heavy atom. The Kier molecular flexibility index (Phi) is 8.16. The van der Waals surface area contributed by atoms with E-state index in [0.29, 0.717) is 10.7 Å². The lowest BCUT2D eigenvalue weighted by Gasteiger charge is -2.28. The highest BCUT2D eigenvalue weighted by molar-refractivity contribution is 6.36.